The minimum atomic E-state index is 0.462. The van der Waals surface area contributed by atoms with Gasteiger partial charge in [0.15, 0.2) is 11.0 Å². The average molecular weight is 302 g/mol. The summed E-state index contributed by atoms with van der Waals surface area (Å²) < 4.78 is 0.800. The van der Waals surface area contributed by atoms with E-state index in [2.05, 4.69) is 10.2 Å². The first-order valence-corrected chi connectivity index (χ1v) is 7.01. The zero-order chi connectivity index (χ0) is 13.3. The van der Waals surface area contributed by atoms with Gasteiger partial charge in [-0.05, 0) is 37.1 Å². The molecule has 6 heteroatoms. The molecular formula is C12H13Cl2N3S. The van der Waals surface area contributed by atoms with Crippen LogP contribution in [0.15, 0.2) is 12.1 Å². The molecule has 0 saturated heterocycles. The molecule has 0 atom stereocenters. The van der Waals surface area contributed by atoms with Crippen molar-refractivity contribution in [3.8, 4) is 0 Å². The highest BCUT2D eigenvalue weighted by Crippen LogP contribution is 2.27. The zero-order valence-electron chi connectivity index (χ0n) is 10.4. The molecule has 3 nitrogen and oxygen atoms in total. The van der Waals surface area contributed by atoms with Crippen LogP contribution < -0.4 is 4.90 Å². The Balaban J connectivity index is 2.24. The molecule has 2 aromatic heterocycles. The zero-order valence-corrected chi connectivity index (χ0v) is 12.7. The van der Waals surface area contributed by atoms with Crippen molar-refractivity contribution >= 4 is 40.4 Å². The minimum Gasteiger partial charge on any atom is -0.353 e. The van der Waals surface area contributed by atoms with Crippen molar-refractivity contribution in [2.24, 2.45) is 0 Å². The molecule has 0 radical (unpaired) electrons. The summed E-state index contributed by atoms with van der Waals surface area (Å²) in [6.07, 6.45) is 0. The van der Waals surface area contributed by atoms with Gasteiger partial charge in [-0.3, -0.25) is 0 Å². The summed E-state index contributed by atoms with van der Waals surface area (Å²) in [7, 11) is 1.98. The monoisotopic (exact) mass is 301 g/mol. The van der Waals surface area contributed by atoms with Gasteiger partial charge >= 0.3 is 0 Å². The highest BCUT2D eigenvalue weighted by Gasteiger charge is 2.13. The van der Waals surface area contributed by atoms with E-state index in [1.807, 2.05) is 37.9 Å². The van der Waals surface area contributed by atoms with Gasteiger partial charge in [-0.2, -0.15) is 0 Å². The van der Waals surface area contributed by atoms with E-state index < -0.39 is 0 Å². The number of anilines is 1. The first-order valence-electron chi connectivity index (χ1n) is 5.43. The van der Waals surface area contributed by atoms with Gasteiger partial charge in [0.2, 0.25) is 0 Å². The lowest BCUT2D eigenvalue weighted by Crippen LogP contribution is -2.19. The summed E-state index contributed by atoms with van der Waals surface area (Å²) in [6.45, 7) is 4.71. The fourth-order valence-electron chi connectivity index (χ4n) is 1.67. The van der Waals surface area contributed by atoms with Crippen molar-refractivity contribution in [2.75, 3.05) is 11.9 Å². The third-order valence-electron chi connectivity index (χ3n) is 2.82. The van der Waals surface area contributed by atoms with Crippen LogP contribution in [0.5, 0.6) is 0 Å². The van der Waals surface area contributed by atoms with Crippen LogP contribution in [-0.2, 0) is 6.54 Å². The Morgan fingerprint density at radius 1 is 1.17 bits per heavy atom. The smallest absolute Gasteiger partial charge is 0.155 e. The van der Waals surface area contributed by atoms with Gasteiger partial charge in [0.05, 0.1) is 10.9 Å². The standard InChI is InChI=1S/C12H13Cl2N3S/c1-7-8(2)12(16-15-11(7)14)17(3)6-9-4-5-10(13)18-9/h4-5H,6H2,1-3H3. The molecule has 2 rings (SSSR count). The van der Waals surface area contributed by atoms with Crippen LogP contribution in [0.25, 0.3) is 0 Å². The maximum atomic E-state index is 5.95. The fourth-order valence-corrected chi connectivity index (χ4v) is 2.99. The van der Waals surface area contributed by atoms with Crippen LogP contribution in [0.1, 0.15) is 16.0 Å². The van der Waals surface area contributed by atoms with Crippen LogP contribution >= 0.6 is 34.5 Å². The van der Waals surface area contributed by atoms with Gasteiger partial charge in [-0.25, -0.2) is 0 Å². The lowest BCUT2D eigenvalue weighted by Gasteiger charge is -2.19. The number of hydrogen-bond donors (Lipinski definition) is 0. The SMILES string of the molecule is Cc1c(Cl)nnc(N(C)Cc2ccc(Cl)s2)c1C. The molecule has 0 fully saturated rings. The van der Waals surface area contributed by atoms with Crippen molar-refractivity contribution in [3.63, 3.8) is 0 Å². The molecule has 18 heavy (non-hydrogen) atoms. The molecule has 0 spiro atoms. The maximum Gasteiger partial charge on any atom is 0.155 e. The van der Waals surface area contributed by atoms with E-state index in [4.69, 9.17) is 23.2 Å². The summed E-state index contributed by atoms with van der Waals surface area (Å²) in [5, 5.41) is 8.58. The van der Waals surface area contributed by atoms with Crippen LogP contribution in [0, 0.1) is 13.8 Å². The Labute approximate surface area is 120 Å². The van der Waals surface area contributed by atoms with Crippen molar-refractivity contribution in [1.29, 1.82) is 0 Å². The summed E-state index contributed by atoms with van der Waals surface area (Å²) in [6, 6.07) is 3.93. The Hall–Kier alpha value is -0.840. The van der Waals surface area contributed by atoms with Gasteiger partial charge in [-0.15, -0.1) is 21.5 Å². The number of thiophene rings is 1. The molecule has 0 aliphatic carbocycles. The molecule has 0 aliphatic rings. The first-order chi connectivity index (χ1) is 8.49. The summed E-state index contributed by atoms with van der Waals surface area (Å²) in [4.78, 5) is 3.24. The van der Waals surface area contributed by atoms with Crippen LogP contribution in [0.3, 0.4) is 0 Å². The normalized spacial score (nSPS) is 10.7. The molecular weight excluding hydrogens is 289 g/mol. The molecule has 0 amide bonds. The van der Waals surface area contributed by atoms with Gasteiger partial charge < -0.3 is 4.90 Å². The number of halogens is 2. The molecule has 96 valence electrons. The van der Waals surface area contributed by atoms with Crippen LogP contribution in [0.2, 0.25) is 9.49 Å². The lowest BCUT2D eigenvalue weighted by molar-refractivity contribution is 0.861. The minimum absolute atomic E-state index is 0.462. The Morgan fingerprint density at radius 3 is 2.50 bits per heavy atom. The van der Waals surface area contributed by atoms with Crippen molar-refractivity contribution < 1.29 is 0 Å². The first kappa shape index (κ1) is 13.6. The second kappa shape index (κ2) is 5.43. The van der Waals surface area contributed by atoms with Crippen molar-refractivity contribution in [3.05, 3.63) is 37.6 Å². The van der Waals surface area contributed by atoms with Gasteiger partial charge in [0, 0.05) is 11.9 Å². The Bertz CT molecular complexity index is 568. The predicted molar refractivity (Wildman–Crippen MR) is 78.0 cm³/mol. The molecule has 0 aromatic carbocycles. The Kier molecular flexibility index (Phi) is 4.10. The van der Waals surface area contributed by atoms with E-state index >= 15 is 0 Å². The molecule has 0 bridgehead atoms. The fraction of sp³-hybridized carbons (Fsp3) is 0.333. The summed E-state index contributed by atoms with van der Waals surface area (Å²) in [5.74, 6) is 0.849. The highest BCUT2D eigenvalue weighted by molar-refractivity contribution is 7.16. The van der Waals surface area contributed by atoms with Gasteiger partial charge in [0.25, 0.3) is 0 Å². The largest absolute Gasteiger partial charge is 0.353 e. The van der Waals surface area contributed by atoms with Crippen molar-refractivity contribution in [1.82, 2.24) is 10.2 Å². The summed E-state index contributed by atoms with van der Waals surface area (Å²) in [5.41, 5.74) is 2.03. The average Bonchev–Trinajstić information content (AvgIpc) is 2.71. The van der Waals surface area contributed by atoms with E-state index in [0.29, 0.717) is 5.15 Å². The molecule has 2 aromatic rings. The topological polar surface area (TPSA) is 29.0 Å². The third-order valence-corrected chi connectivity index (χ3v) is 4.40. The maximum absolute atomic E-state index is 5.95. The second-order valence-electron chi connectivity index (χ2n) is 4.13. The highest BCUT2D eigenvalue weighted by atomic mass is 35.5. The molecule has 0 aliphatic heterocycles. The van der Waals surface area contributed by atoms with E-state index in [1.165, 1.54) is 4.88 Å². The predicted octanol–water partition coefficient (Wildman–Crippen LogP) is 4.10. The lowest BCUT2D eigenvalue weighted by atomic mass is 10.2. The molecule has 0 unspecified atom stereocenters. The molecule has 0 N–H and O–H groups in total. The van der Waals surface area contributed by atoms with Gasteiger partial charge in [-0.1, -0.05) is 23.2 Å². The van der Waals surface area contributed by atoms with Crippen molar-refractivity contribution in [2.45, 2.75) is 20.4 Å². The summed E-state index contributed by atoms with van der Waals surface area (Å²) >= 11 is 13.4. The quantitative estimate of drug-likeness (QED) is 0.855. The van der Waals surface area contributed by atoms with E-state index in [9.17, 15) is 0 Å². The van der Waals surface area contributed by atoms with Gasteiger partial charge in [0.1, 0.15) is 0 Å². The number of hydrogen-bond acceptors (Lipinski definition) is 4. The second-order valence-corrected chi connectivity index (χ2v) is 6.28. The number of aromatic nitrogens is 2. The van der Waals surface area contributed by atoms with E-state index in [1.54, 1.807) is 11.3 Å². The molecule has 2 heterocycles. The van der Waals surface area contributed by atoms with Crippen LogP contribution in [-0.4, -0.2) is 17.2 Å². The van der Waals surface area contributed by atoms with E-state index in [-0.39, 0.29) is 0 Å². The number of nitrogens with zero attached hydrogens (tertiary/aromatic N) is 3. The Morgan fingerprint density at radius 2 is 1.89 bits per heavy atom. The van der Waals surface area contributed by atoms with E-state index in [0.717, 1.165) is 27.8 Å². The molecule has 0 saturated carbocycles. The third kappa shape index (κ3) is 2.76. The number of rotatable bonds is 3. The van der Waals surface area contributed by atoms with Crippen LogP contribution in [0.4, 0.5) is 5.82 Å².